The molecule has 3 atom stereocenters. The summed E-state index contributed by atoms with van der Waals surface area (Å²) in [5.41, 5.74) is 1.28. The minimum absolute atomic E-state index is 0.0103. The van der Waals surface area contributed by atoms with Crippen molar-refractivity contribution in [1.29, 1.82) is 0 Å². The van der Waals surface area contributed by atoms with Gasteiger partial charge in [0, 0.05) is 38.4 Å². The Morgan fingerprint density at radius 1 is 1.21 bits per heavy atom. The van der Waals surface area contributed by atoms with E-state index >= 15 is 0 Å². The van der Waals surface area contributed by atoms with Crippen LogP contribution in [0.25, 0.3) is 22.6 Å². The van der Waals surface area contributed by atoms with Gasteiger partial charge < -0.3 is 15.5 Å². The molecule has 2 amide bonds. The molecule has 1 aliphatic carbocycles. The van der Waals surface area contributed by atoms with Gasteiger partial charge in [-0.25, -0.2) is 28.8 Å². The maximum atomic E-state index is 14.6. The molecule has 10 heteroatoms. The fourth-order valence-corrected chi connectivity index (χ4v) is 4.87. The van der Waals surface area contributed by atoms with E-state index in [0.717, 1.165) is 50.6 Å². The van der Waals surface area contributed by atoms with Crippen LogP contribution in [0.1, 0.15) is 39.0 Å². The van der Waals surface area contributed by atoms with E-state index in [0.29, 0.717) is 23.1 Å². The Labute approximate surface area is 191 Å². The molecule has 0 spiro atoms. The summed E-state index contributed by atoms with van der Waals surface area (Å²) in [6.45, 7) is 3.80. The van der Waals surface area contributed by atoms with Crippen molar-refractivity contribution in [3.05, 3.63) is 30.3 Å². The Hall–Kier alpha value is -3.30. The normalized spacial score (nSPS) is 23.1. The molecule has 174 valence electrons. The topological polar surface area (TPSA) is 101 Å². The fraction of sp³-hybridized carbons (Fsp3) is 0.522. The Bertz CT molecular complexity index is 1160. The number of aryl methyl sites for hydroxylation is 1. The molecule has 33 heavy (non-hydrogen) atoms. The first kappa shape index (κ1) is 21.5. The number of aromatic nitrogens is 5. The SMILES string of the molecule is C[C@H]1CCN(C(=O)N[C@@H]2CCCC(Nc3nc(-c4nn(C)c5ncccc45)ncc3F)C2)C1. The zero-order valence-corrected chi connectivity index (χ0v) is 19.0. The summed E-state index contributed by atoms with van der Waals surface area (Å²) in [4.78, 5) is 27.5. The Morgan fingerprint density at radius 2 is 2.06 bits per heavy atom. The first-order valence-corrected chi connectivity index (χ1v) is 11.6. The predicted molar refractivity (Wildman–Crippen MR) is 123 cm³/mol. The molecule has 2 N–H and O–H groups in total. The number of carbonyl (C=O) groups excluding carboxylic acids is 1. The smallest absolute Gasteiger partial charge is 0.317 e. The molecule has 2 aliphatic rings. The van der Waals surface area contributed by atoms with Crippen molar-refractivity contribution in [3.63, 3.8) is 0 Å². The van der Waals surface area contributed by atoms with Crippen molar-refractivity contribution in [2.45, 2.75) is 51.1 Å². The number of anilines is 1. The average molecular weight is 453 g/mol. The van der Waals surface area contributed by atoms with Crippen LogP contribution in [0.4, 0.5) is 15.0 Å². The van der Waals surface area contributed by atoms with Gasteiger partial charge in [-0.15, -0.1) is 0 Å². The number of hydrogen-bond donors (Lipinski definition) is 2. The third kappa shape index (κ3) is 4.46. The number of hydrogen-bond acceptors (Lipinski definition) is 6. The number of nitrogens with zero attached hydrogens (tertiary/aromatic N) is 6. The Balaban J connectivity index is 1.29. The molecule has 2 fully saturated rings. The minimum atomic E-state index is -0.505. The molecule has 0 radical (unpaired) electrons. The van der Waals surface area contributed by atoms with E-state index in [2.05, 4.69) is 37.6 Å². The summed E-state index contributed by atoms with van der Waals surface area (Å²) in [6, 6.07) is 3.82. The van der Waals surface area contributed by atoms with Gasteiger partial charge in [0.1, 0.15) is 5.69 Å². The van der Waals surface area contributed by atoms with E-state index in [9.17, 15) is 9.18 Å². The summed E-state index contributed by atoms with van der Waals surface area (Å²) >= 11 is 0. The Kier molecular flexibility index (Phi) is 5.82. The second kappa shape index (κ2) is 8.92. The van der Waals surface area contributed by atoms with E-state index in [1.807, 2.05) is 17.0 Å². The minimum Gasteiger partial charge on any atom is -0.365 e. The van der Waals surface area contributed by atoms with Gasteiger partial charge in [-0.05, 0) is 50.2 Å². The van der Waals surface area contributed by atoms with Crippen LogP contribution in [0.15, 0.2) is 24.5 Å². The molecule has 0 bridgehead atoms. The Morgan fingerprint density at radius 3 is 2.88 bits per heavy atom. The summed E-state index contributed by atoms with van der Waals surface area (Å²) in [5.74, 6) is 0.558. The summed E-state index contributed by atoms with van der Waals surface area (Å²) in [7, 11) is 1.81. The fourth-order valence-electron chi connectivity index (χ4n) is 4.87. The van der Waals surface area contributed by atoms with Crippen molar-refractivity contribution in [2.24, 2.45) is 13.0 Å². The van der Waals surface area contributed by atoms with Crippen molar-refractivity contribution in [1.82, 2.24) is 34.9 Å². The highest BCUT2D eigenvalue weighted by molar-refractivity contribution is 5.89. The lowest BCUT2D eigenvalue weighted by Crippen LogP contribution is -2.47. The van der Waals surface area contributed by atoms with Crippen molar-refractivity contribution in [2.75, 3.05) is 18.4 Å². The maximum Gasteiger partial charge on any atom is 0.317 e. The predicted octanol–water partition coefficient (Wildman–Crippen LogP) is 3.34. The lowest BCUT2D eigenvalue weighted by Gasteiger charge is -2.32. The van der Waals surface area contributed by atoms with Crippen LogP contribution in [-0.4, -0.2) is 60.8 Å². The number of likely N-dealkylation sites (tertiary alicyclic amines) is 1. The molecule has 1 unspecified atom stereocenters. The van der Waals surface area contributed by atoms with Gasteiger partial charge in [0.2, 0.25) is 0 Å². The number of urea groups is 1. The zero-order valence-electron chi connectivity index (χ0n) is 19.0. The number of carbonyl (C=O) groups is 1. The average Bonchev–Trinajstić information content (AvgIpc) is 3.39. The van der Waals surface area contributed by atoms with Crippen molar-refractivity contribution >= 4 is 22.9 Å². The number of amides is 2. The number of halogens is 1. The first-order valence-electron chi connectivity index (χ1n) is 11.6. The van der Waals surface area contributed by atoms with E-state index in [1.165, 1.54) is 6.20 Å². The lowest BCUT2D eigenvalue weighted by molar-refractivity contribution is 0.198. The molecule has 3 aromatic rings. The molecular formula is C23H29FN8O. The largest absolute Gasteiger partial charge is 0.365 e. The number of rotatable bonds is 4. The molecule has 3 aromatic heterocycles. The summed E-state index contributed by atoms with van der Waals surface area (Å²) < 4.78 is 16.3. The number of nitrogens with one attached hydrogen (secondary N) is 2. The highest BCUT2D eigenvalue weighted by atomic mass is 19.1. The van der Waals surface area contributed by atoms with E-state index in [1.54, 1.807) is 17.9 Å². The second-order valence-corrected chi connectivity index (χ2v) is 9.23. The van der Waals surface area contributed by atoms with Crippen molar-refractivity contribution < 1.29 is 9.18 Å². The van der Waals surface area contributed by atoms with Crippen LogP contribution in [0.5, 0.6) is 0 Å². The van der Waals surface area contributed by atoms with Gasteiger partial charge in [-0.2, -0.15) is 5.10 Å². The quantitative estimate of drug-likeness (QED) is 0.630. The van der Waals surface area contributed by atoms with Crippen LogP contribution in [0, 0.1) is 11.7 Å². The standard InChI is InChI=1S/C23H29FN8O/c1-14-8-10-32(13-14)23(33)28-16-6-3-5-15(11-16)27-20-18(24)12-26-21(29-20)19-17-7-4-9-25-22(17)31(2)30-19/h4,7,9,12,14-16H,3,5-6,8,10-11,13H2,1-2H3,(H,28,33)(H,26,27,29)/t14-,15?,16+/m0/s1. The van der Waals surface area contributed by atoms with Crippen LogP contribution in [0.3, 0.4) is 0 Å². The first-order chi connectivity index (χ1) is 16.0. The number of pyridine rings is 1. The van der Waals surface area contributed by atoms with E-state index in [-0.39, 0.29) is 23.9 Å². The van der Waals surface area contributed by atoms with Crippen LogP contribution < -0.4 is 10.6 Å². The number of fused-ring (bicyclic) bond motifs is 1. The highest BCUT2D eigenvalue weighted by Crippen LogP contribution is 2.27. The molecule has 5 rings (SSSR count). The monoisotopic (exact) mass is 452 g/mol. The third-order valence-electron chi connectivity index (χ3n) is 6.61. The molecule has 9 nitrogen and oxygen atoms in total. The van der Waals surface area contributed by atoms with E-state index in [4.69, 9.17) is 0 Å². The van der Waals surface area contributed by atoms with Crippen LogP contribution in [0.2, 0.25) is 0 Å². The summed E-state index contributed by atoms with van der Waals surface area (Å²) in [5, 5.41) is 11.7. The van der Waals surface area contributed by atoms with Gasteiger partial charge in [-0.1, -0.05) is 6.92 Å². The molecule has 1 saturated carbocycles. The second-order valence-electron chi connectivity index (χ2n) is 9.23. The molecule has 1 aliphatic heterocycles. The maximum absolute atomic E-state index is 14.6. The third-order valence-corrected chi connectivity index (χ3v) is 6.61. The van der Waals surface area contributed by atoms with Gasteiger partial charge in [0.15, 0.2) is 23.1 Å². The molecule has 4 heterocycles. The van der Waals surface area contributed by atoms with Crippen molar-refractivity contribution in [3.8, 4) is 11.5 Å². The van der Waals surface area contributed by atoms with Crippen LogP contribution >= 0.6 is 0 Å². The molecule has 0 aromatic carbocycles. The van der Waals surface area contributed by atoms with E-state index < -0.39 is 5.82 Å². The lowest BCUT2D eigenvalue weighted by atomic mass is 9.91. The van der Waals surface area contributed by atoms with Crippen LogP contribution in [-0.2, 0) is 7.05 Å². The van der Waals surface area contributed by atoms with Gasteiger partial charge in [-0.3, -0.25) is 0 Å². The summed E-state index contributed by atoms with van der Waals surface area (Å²) in [6.07, 6.45) is 7.44. The molecular weight excluding hydrogens is 423 g/mol. The molecule has 1 saturated heterocycles. The van der Waals surface area contributed by atoms with Gasteiger partial charge in [0.25, 0.3) is 0 Å². The van der Waals surface area contributed by atoms with Gasteiger partial charge >= 0.3 is 6.03 Å². The van der Waals surface area contributed by atoms with Gasteiger partial charge in [0.05, 0.1) is 11.6 Å². The highest BCUT2D eigenvalue weighted by Gasteiger charge is 2.28. The zero-order chi connectivity index (χ0) is 22.9.